The van der Waals surface area contributed by atoms with Crippen molar-refractivity contribution in [3.05, 3.63) is 47.3 Å². The van der Waals surface area contributed by atoms with Crippen LogP contribution in [0, 0.1) is 13.8 Å². The highest BCUT2D eigenvalue weighted by molar-refractivity contribution is 5.80. The van der Waals surface area contributed by atoms with Crippen molar-refractivity contribution in [2.75, 3.05) is 26.7 Å². The van der Waals surface area contributed by atoms with E-state index in [2.05, 4.69) is 5.10 Å². The third-order valence-electron chi connectivity index (χ3n) is 5.58. The minimum absolute atomic E-state index is 0.0521. The highest BCUT2D eigenvalue weighted by atomic mass is 16.6. The number of nitrogens with zero attached hydrogens (tertiary/aromatic N) is 4. The molecule has 2 aromatic rings. The lowest BCUT2D eigenvalue weighted by Gasteiger charge is -2.21. The number of para-hydroxylation sites is 1. The molecular weight excluding hydrogens is 344 g/mol. The third kappa shape index (κ3) is 3.07. The van der Waals surface area contributed by atoms with Gasteiger partial charge in [-0.3, -0.25) is 4.79 Å². The van der Waals surface area contributed by atoms with Gasteiger partial charge in [0, 0.05) is 31.3 Å². The molecule has 1 aromatic carbocycles. The van der Waals surface area contributed by atoms with Crippen molar-refractivity contribution in [2.24, 2.45) is 0 Å². The summed E-state index contributed by atoms with van der Waals surface area (Å²) in [6.07, 6.45) is 0.695. The van der Waals surface area contributed by atoms with E-state index in [9.17, 15) is 9.59 Å². The molecule has 2 aliphatic heterocycles. The summed E-state index contributed by atoms with van der Waals surface area (Å²) < 4.78 is 7.42. The summed E-state index contributed by atoms with van der Waals surface area (Å²) in [6, 6.07) is 9.91. The van der Waals surface area contributed by atoms with E-state index in [0.717, 1.165) is 22.6 Å². The van der Waals surface area contributed by atoms with Gasteiger partial charge in [0.05, 0.1) is 30.9 Å². The number of carbonyl (C=O) groups excluding carboxylic acids is 2. The average molecular weight is 368 g/mol. The van der Waals surface area contributed by atoms with Crippen molar-refractivity contribution in [1.82, 2.24) is 19.6 Å². The van der Waals surface area contributed by atoms with Gasteiger partial charge in [-0.25, -0.2) is 9.48 Å². The summed E-state index contributed by atoms with van der Waals surface area (Å²) in [5, 5.41) is 4.62. The molecule has 1 aromatic heterocycles. The van der Waals surface area contributed by atoms with Gasteiger partial charge < -0.3 is 14.5 Å². The zero-order chi connectivity index (χ0) is 19.2. The standard InChI is InChI=1S/C20H24N4O3/c1-14-17(15(2)24(21-14)16-7-5-4-6-8-16)11-18(25)23-10-9-20(13-23)12-22(3)19(26)27-20/h4-8H,9-13H2,1-3H3/t20-/m1/s1. The molecule has 0 bridgehead atoms. The largest absolute Gasteiger partial charge is 0.439 e. The Hall–Kier alpha value is -2.83. The Bertz CT molecular complexity index is 892. The summed E-state index contributed by atoms with van der Waals surface area (Å²) in [6.45, 7) is 5.56. The van der Waals surface area contributed by atoms with Gasteiger partial charge in [0.25, 0.3) is 0 Å². The summed E-state index contributed by atoms with van der Waals surface area (Å²) in [7, 11) is 1.73. The van der Waals surface area contributed by atoms with E-state index in [1.165, 1.54) is 0 Å². The van der Waals surface area contributed by atoms with Crippen molar-refractivity contribution >= 4 is 12.0 Å². The summed E-state index contributed by atoms with van der Waals surface area (Å²) in [5.41, 5.74) is 3.25. The van der Waals surface area contributed by atoms with E-state index in [-0.39, 0.29) is 12.0 Å². The Balaban J connectivity index is 1.50. The molecule has 4 rings (SSSR count). The number of carbonyl (C=O) groups is 2. The smallest absolute Gasteiger partial charge is 0.410 e. The zero-order valence-corrected chi connectivity index (χ0v) is 15.9. The lowest BCUT2D eigenvalue weighted by Crippen LogP contribution is -2.39. The fourth-order valence-corrected chi connectivity index (χ4v) is 4.08. The molecule has 1 spiro atoms. The van der Waals surface area contributed by atoms with Crippen LogP contribution in [0.2, 0.25) is 0 Å². The molecule has 2 amide bonds. The number of likely N-dealkylation sites (tertiary alicyclic amines) is 1. The zero-order valence-electron chi connectivity index (χ0n) is 15.9. The average Bonchev–Trinajstić information content (AvgIpc) is 3.27. The Kier molecular flexibility index (Phi) is 4.17. The lowest BCUT2D eigenvalue weighted by molar-refractivity contribution is -0.130. The SMILES string of the molecule is Cc1nn(-c2ccccc2)c(C)c1CC(=O)N1CC[C@@]2(CN(C)C(=O)O2)C1. The summed E-state index contributed by atoms with van der Waals surface area (Å²) in [5.74, 6) is 0.0521. The first-order valence-electron chi connectivity index (χ1n) is 9.21. The first kappa shape index (κ1) is 17.6. The van der Waals surface area contributed by atoms with Crippen LogP contribution in [-0.2, 0) is 16.0 Å². The molecule has 3 heterocycles. The monoisotopic (exact) mass is 368 g/mol. The lowest BCUT2D eigenvalue weighted by atomic mass is 10.0. The number of hydrogen-bond donors (Lipinski definition) is 0. The van der Waals surface area contributed by atoms with Gasteiger partial charge in [-0.1, -0.05) is 18.2 Å². The third-order valence-corrected chi connectivity index (χ3v) is 5.58. The van der Waals surface area contributed by atoms with Crippen LogP contribution in [0.1, 0.15) is 23.4 Å². The maximum Gasteiger partial charge on any atom is 0.410 e. The van der Waals surface area contributed by atoms with E-state index in [0.29, 0.717) is 32.5 Å². The molecule has 0 unspecified atom stereocenters. The number of aryl methyl sites for hydroxylation is 1. The van der Waals surface area contributed by atoms with Crippen molar-refractivity contribution in [3.63, 3.8) is 0 Å². The van der Waals surface area contributed by atoms with E-state index < -0.39 is 5.60 Å². The predicted octanol–water partition coefficient (Wildman–Crippen LogP) is 2.08. The number of amides is 2. The minimum atomic E-state index is -0.542. The molecular formula is C20H24N4O3. The van der Waals surface area contributed by atoms with Crippen molar-refractivity contribution < 1.29 is 14.3 Å². The number of likely N-dealkylation sites (N-methyl/N-ethyl adjacent to an activating group) is 1. The highest BCUT2D eigenvalue weighted by Gasteiger charge is 2.49. The summed E-state index contributed by atoms with van der Waals surface area (Å²) in [4.78, 5) is 28.0. The quantitative estimate of drug-likeness (QED) is 0.832. The molecule has 2 saturated heterocycles. The molecule has 0 N–H and O–H groups in total. The molecule has 7 nitrogen and oxygen atoms in total. The van der Waals surface area contributed by atoms with Gasteiger partial charge in [0.1, 0.15) is 0 Å². The summed E-state index contributed by atoms with van der Waals surface area (Å²) >= 11 is 0. The van der Waals surface area contributed by atoms with Crippen LogP contribution >= 0.6 is 0 Å². The van der Waals surface area contributed by atoms with Crippen LogP contribution in [0.5, 0.6) is 0 Å². The number of rotatable bonds is 3. The van der Waals surface area contributed by atoms with Crippen molar-refractivity contribution in [3.8, 4) is 5.69 Å². The highest BCUT2D eigenvalue weighted by Crippen LogP contribution is 2.32. The normalized spacial score (nSPS) is 22.0. The molecule has 0 saturated carbocycles. The van der Waals surface area contributed by atoms with Gasteiger partial charge >= 0.3 is 6.09 Å². The predicted molar refractivity (Wildman–Crippen MR) is 99.8 cm³/mol. The first-order valence-corrected chi connectivity index (χ1v) is 9.21. The molecule has 0 aliphatic carbocycles. The topological polar surface area (TPSA) is 67.7 Å². The number of hydrogen-bond acceptors (Lipinski definition) is 4. The molecule has 7 heteroatoms. The molecule has 27 heavy (non-hydrogen) atoms. The molecule has 2 aliphatic rings. The van der Waals surface area contributed by atoms with E-state index >= 15 is 0 Å². The first-order chi connectivity index (χ1) is 12.9. The van der Waals surface area contributed by atoms with E-state index in [4.69, 9.17) is 4.74 Å². The fourth-order valence-electron chi connectivity index (χ4n) is 4.08. The van der Waals surface area contributed by atoms with Gasteiger partial charge in [-0.05, 0) is 26.0 Å². The molecule has 142 valence electrons. The Morgan fingerprint density at radius 3 is 2.63 bits per heavy atom. The van der Waals surface area contributed by atoms with E-state index in [1.807, 2.05) is 53.8 Å². The molecule has 0 radical (unpaired) electrons. The maximum atomic E-state index is 12.9. The second kappa shape index (κ2) is 6.40. The number of ether oxygens (including phenoxy) is 1. The second-order valence-electron chi connectivity index (χ2n) is 7.55. The van der Waals surface area contributed by atoms with Gasteiger partial charge in [-0.15, -0.1) is 0 Å². The Labute approximate surface area is 158 Å². The second-order valence-corrected chi connectivity index (χ2v) is 7.55. The van der Waals surface area contributed by atoms with E-state index in [1.54, 1.807) is 11.9 Å². The minimum Gasteiger partial charge on any atom is -0.439 e. The number of benzene rings is 1. The maximum absolute atomic E-state index is 12.9. The van der Waals surface area contributed by atoms with Crippen LogP contribution < -0.4 is 0 Å². The Morgan fingerprint density at radius 2 is 1.96 bits per heavy atom. The van der Waals surface area contributed by atoms with Crippen LogP contribution in [0.15, 0.2) is 30.3 Å². The van der Waals surface area contributed by atoms with Crippen LogP contribution in [0.4, 0.5) is 4.79 Å². The van der Waals surface area contributed by atoms with Gasteiger partial charge in [0.2, 0.25) is 5.91 Å². The van der Waals surface area contributed by atoms with Gasteiger partial charge in [0.15, 0.2) is 5.60 Å². The molecule has 2 fully saturated rings. The van der Waals surface area contributed by atoms with Crippen molar-refractivity contribution in [2.45, 2.75) is 32.3 Å². The van der Waals surface area contributed by atoms with Crippen LogP contribution in [0.25, 0.3) is 5.69 Å². The molecule has 1 atom stereocenters. The van der Waals surface area contributed by atoms with Crippen LogP contribution in [-0.4, -0.2) is 63.9 Å². The fraction of sp³-hybridized carbons (Fsp3) is 0.450. The number of aromatic nitrogens is 2. The van der Waals surface area contributed by atoms with Gasteiger partial charge in [-0.2, -0.15) is 5.10 Å². The van der Waals surface area contributed by atoms with Crippen LogP contribution in [0.3, 0.4) is 0 Å². The Morgan fingerprint density at radius 1 is 1.22 bits per heavy atom. The van der Waals surface area contributed by atoms with Crippen molar-refractivity contribution in [1.29, 1.82) is 0 Å².